The summed E-state index contributed by atoms with van der Waals surface area (Å²) < 4.78 is 43.8. The van der Waals surface area contributed by atoms with Crippen LogP contribution < -0.4 is 4.74 Å². The molecule has 19 heavy (non-hydrogen) atoms. The molecule has 100 valence electrons. The second kappa shape index (κ2) is 5.38. The highest BCUT2D eigenvalue weighted by atomic mass is 79.9. The number of halogens is 5. The van der Waals surface area contributed by atoms with E-state index >= 15 is 0 Å². The molecule has 0 saturated carbocycles. The molecule has 0 unspecified atom stereocenters. The summed E-state index contributed by atoms with van der Waals surface area (Å²) in [6.45, 7) is 0. The molecule has 0 aliphatic heterocycles. The van der Waals surface area contributed by atoms with Gasteiger partial charge in [0.15, 0.2) is 0 Å². The highest BCUT2D eigenvalue weighted by Crippen LogP contribution is 2.33. The van der Waals surface area contributed by atoms with Crippen LogP contribution in [0.4, 0.5) is 13.2 Å². The van der Waals surface area contributed by atoms with E-state index < -0.39 is 11.7 Å². The summed E-state index contributed by atoms with van der Waals surface area (Å²) in [4.78, 5) is 3.70. The van der Waals surface area contributed by atoms with Crippen LogP contribution in [0.2, 0.25) is 5.15 Å². The maximum atomic E-state index is 12.6. The Hall–Kier alpha value is -1.27. The van der Waals surface area contributed by atoms with Crippen molar-refractivity contribution < 1.29 is 17.9 Å². The van der Waals surface area contributed by atoms with Gasteiger partial charge in [0.25, 0.3) is 0 Å². The van der Waals surface area contributed by atoms with Crippen LogP contribution in [-0.2, 0) is 6.18 Å². The molecule has 0 atom stereocenters. The second-order valence-corrected chi connectivity index (χ2v) is 4.87. The molecule has 0 spiro atoms. The van der Waals surface area contributed by atoms with E-state index in [4.69, 9.17) is 16.3 Å². The van der Waals surface area contributed by atoms with Crippen molar-refractivity contribution in [1.29, 1.82) is 0 Å². The Bertz CT molecular complexity index is 587. The molecule has 1 heterocycles. The molecule has 0 N–H and O–H groups in total. The predicted octanol–water partition coefficient (Wildman–Crippen LogP) is 5.31. The van der Waals surface area contributed by atoms with E-state index in [0.29, 0.717) is 5.75 Å². The van der Waals surface area contributed by atoms with Crippen molar-refractivity contribution in [2.45, 2.75) is 6.18 Å². The molecule has 2 aromatic rings. The molecule has 0 aliphatic carbocycles. The van der Waals surface area contributed by atoms with E-state index in [-0.39, 0.29) is 11.0 Å². The lowest BCUT2D eigenvalue weighted by Gasteiger charge is -2.10. The Balaban J connectivity index is 2.30. The van der Waals surface area contributed by atoms with Crippen LogP contribution in [0, 0.1) is 0 Å². The van der Waals surface area contributed by atoms with Crippen LogP contribution >= 0.6 is 27.5 Å². The number of pyridine rings is 1. The van der Waals surface area contributed by atoms with Gasteiger partial charge in [0.05, 0.1) is 5.56 Å². The fourth-order valence-electron chi connectivity index (χ4n) is 1.31. The molecule has 0 bridgehead atoms. The largest absolute Gasteiger partial charge is 0.439 e. The fourth-order valence-corrected chi connectivity index (χ4v) is 1.78. The summed E-state index contributed by atoms with van der Waals surface area (Å²) in [7, 11) is 0. The highest BCUT2D eigenvalue weighted by Gasteiger charge is 2.31. The maximum Gasteiger partial charge on any atom is 0.416 e. The van der Waals surface area contributed by atoms with E-state index in [0.717, 1.165) is 16.6 Å². The summed E-state index contributed by atoms with van der Waals surface area (Å²) in [5, 5.41) is -0.276. The lowest BCUT2D eigenvalue weighted by atomic mass is 10.2. The van der Waals surface area contributed by atoms with Gasteiger partial charge in [0.2, 0.25) is 5.88 Å². The molecular weight excluding hydrogens is 346 g/mol. The minimum atomic E-state index is -4.50. The molecule has 0 aliphatic rings. The van der Waals surface area contributed by atoms with Gasteiger partial charge >= 0.3 is 6.18 Å². The third-order valence-corrected chi connectivity index (χ3v) is 2.86. The van der Waals surface area contributed by atoms with Crippen LogP contribution in [0.3, 0.4) is 0 Å². The van der Waals surface area contributed by atoms with Gasteiger partial charge in [-0.05, 0) is 30.3 Å². The minimum Gasteiger partial charge on any atom is -0.439 e. The zero-order chi connectivity index (χ0) is 14.0. The first-order chi connectivity index (χ1) is 8.84. The summed E-state index contributed by atoms with van der Waals surface area (Å²) in [6.07, 6.45) is -4.50. The van der Waals surface area contributed by atoms with Gasteiger partial charge in [-0.25, -0.2) is 4.98 Å². The summed E-state index contributed by atoms with van der Waals surface area (Å²) >= 11 is 8.79. The van der Waals surface area contributed by atoms with Gasteiger partial charge in [-0.15, -0.1) is 0 Å². The van der Waals surface area contributed by atoms with Crippen molar-refractivity contribution in [2.24, 2.45) is 0 Å². The lowest BCUT2D eigenvalue weighted by Crippen LogP contribution is -2.05. The number of alkyl halides is 3. The zero-order valence-corrected chi connectivity index (χ0v) is 11.6. The number of benzene rings is 1. The molecule has 0 fully saturated rings. The fraction of sp³-hybridized carbons (Fsp3) is 0.0833. The predicted molar refractivity (Wildman–Crippen MR) is 68.5 cm³/mol. The molecule has 0 saturated heterocycles. The van der Waals surface area contributed by atoms with Crippen molar-refractivity contribution in [3.05, 3.63) is 51.6 Å². The van der Waals surface area contributed by atoms with Crippen molar-refractivity contribution in [3.8, 4) is 11.6 Å². The average molecular weight is 353 g/mol. The van der Waals surface area contributed by atoms with Crippen molar-refractivity contribution in [2.75, 3.05) is 0 Å². The van der Waals surface area contributed by atoms with Crippen LogP contribution in [0.25, 0.3) is 0 Å². The first-order valence-electron chi connectivity index (χ1n) is 5.03. The van der Waals surface area contributed by atoms with Gasteiger partial charge in [-0.3, -0.25) is 0 Å². The topological polar surface area (TPSA) is 22.1 Å². The van der Waals surface area contributed by atoms with E-state index in [1.54, 1.807) is 24.3 Å². The third kappa shape index (κ3) is 3.84. The molecule has 0 radical (unpaired) electrons. The number of nitrogens with zero attached hydrogens (tertiary/aromatic N) is 1. The van der Waals surface area contributed by atoms with E-state index in [9.17, 15) is 13.2 Å². The Morgan fingerprint density at radius 2 is 1.74 bits per heavy atom. The van der Waals surface area contributed by atoms with Crippen molar-refractivity contribution >= 4 is 27.5 Å². The minimum absolute atomic E-state index is 0.206. The molecule has 0 amide bonds. The molecule has 1 aromatic carbocycles. The lowest BCUT2D eigenvalue weighted by molar-refractivity contribution is -0.137. The Kier molecular flexibility index (Phi) is 4.01. The normalized spacial score (nSPS) is 11.4. The highest BCUT2D eigenvalue weighted by molar-refractivity contribution is 9.10. The number of rotatable bonds is 2. The van der Waals surface area contributed by atoms with Crippen LogP contribution in [0.5, 0.6) is 11.6 Å². The van der Waals surface area contributed by atoms with Gasteiger partial charge in [-0.1, -0.05) is 27.5 Å². The van der Waals surface area contributed by atoms with E-state index in [1.165, 1.54) is 0 Å². The van der Waals surface area contributed by atoms with E-state index in [1.807, 2.05) is 0 Å². The number of hydrogen-bond donors (Lipinski definition) is 0. The van der Waals surface area contributed by atoms with Crippen LogP contribution in [0.1, 0.15) is 5.56 Å². The summed E-state index contributed by atoms with van der Waals surface area (Å²) in [5.41, 5.74) is -0.903. The molecule has 2 rings (SSSR count). The number of hydrogen-bond acceptors (Lipinski definition) is 2. The zero-order valence-electron chi connectivity index (χ0n) is 9.21. The molecule has 2 nitrogen and oxygen atoms in total. The summed E-state index contributed by atoms with van der Waals surface area (Å²) in [5.74, 6) is 0.160. The number of aromatic nitrogens is 1. The SMILES string of the molecule is FC(F)(F)c1cc(Cl)nc(Oc2ccc(Br)cc2)c1. The first kappa shape index (κ1) is 14.1. The third-order valence-electron chi connectivity index (χ3n) is 2.13. The van der Waals surface area contributed by atoms with Gasteiger partial charge in [-0.2, -0.15) is 13.2 Å². The Morgan fingerprint density at radius 3 is 2.32 bits per heavy atom. The second-order valence-electron chi connectivity index (χ2n) is 3.57. The average Bonchev–Trinajstić information content (AvgIpc) is 2.30. The summed E-state index contributed by atoms with van der Waals surface area (Å²) in [6, 6.07) is 8.14. The maximum absolute atomic E-state index is 12.6. The van der Waals surface area contributed by atoms with Gasteiger partial charge < -0.3 is 4.74 Å². The van der Waals surface area contributed by atoms with Crippen LogP contribution in [-0.4, -0.2) is 4.98 Å². The Morgan fingerprint density at radius 1 is 1.11 bits per heavy atom. The number of ether oxygens (including phenoxy) is 1. The molecular formula is C12H6BrClF3NO. The monoisotopic (exact) mass is 351 g/mol. The van der Waals surface area contributed by atoms with Crippen LogP contribution in [0.15, 0.2) is 40.9 Å². The van der Waals surface area contributed by atoms with Gasteiger partial charge in [0.1, 0.15) is 10.9 Å². The van der Waals surface area contributed by atoms with Gasteiger partial charge in [0, 0.05) is 10.5 Å². The quantitative estimate of drug-likeness (QED) is 0.684. The van der Waals surface area contributed by atoms with Crippen molar-refractivity contribution in [3.63, 3.8) is 0 Å². The van der Waals surface area contributed by atoms with Crippen molar-refractivity contribution in [1.82, 2.24) is 4.98 Å². The first-order valence-corrected chi connectivity index (χ1v) is 6.20. The van der Waals surface area contributed by atoms with E-state index in [2.05, 4.69) is 20.9 Å². The Labute approximate surface area is 120 Å². The molecule has 7 heteroatoms. The standard InChI is InChI=1S/C12H6BrClF3NO/c13-8-1-3-9(4-2-8)19-11-6-7(12(15,16)17)5-10(14)18-11/h1-6H. The molecule has 1 aromatic heterocycles. The smallest absolute Gasteiger partial charge is 0.416 e.